The van der Waals surface area contributed by atoms with Crippen molar-refractivity contribution in [1.29, 1.82) is 0 Å². The fourth-order valence-corrected chi connectivity index (χ4v) is 4.10. The van der Waals surface area contributed by atoms with E-state index in [1.54, 1.807) is 52.1 Å². The van der Waals surface area contributed by atoms with Crippen molar-refractivity contribution in [2.75, 3.05) is 5.75 Å². The van der Waals surface area contributed by atoms with Crippen molar-refractivity contribution < 1.29 is 21.8 Å². The summed E-state index contributed by atoms with van der Waals surface area (Å²) in [6.45, 7) is 8.36. The largest absolute Gasteiger partial charge is 0.444 e. The molecule has 126 valence electrons. The highest BCUT2D eigenvalue weighted by molar-refractivity contribution is 7.86. The van der Waals surface area contributed by atoms with Crippen LogP contribution in [0.2, 0.25) is 0 Å². The van der Waals surface area contributed by atoms with E-state index in [-0.39, 0.29) is 0 Å². The summed E-state index contributed by atoms with van der Waals surface area (Å²) in [5.41, 5.74) is -1.71. The molecule has 1 atom stereocenters. The van der Waals surface area contributed by atoms with E-state index in [1.165, 1.54) is 11.3 Å². The van der Waals surface area contributed by atoms with Crippen LogP contribution in [0.3, 0.4) is 0 Å². The van der Waals surface area contributed by atoms with Crippen molar-refractivity contribution in [1.82, 2.24) is 5.32 Å². The number of rotatable bonds is 5. The minimum atomic E-state index is -4.68. The third-order valence-corrected chi connectivity index (χ3v) is 4.84. The fraction of sp³-hybridized carbons (Fsp3) is 0.643. The Bertz CT molecular complexity index is 603. The average Bonchev–Trinajstić information content (AvgIpc) is 2.72. The van der Waals surface area contributed by atoms with Crippen LogP contribution >= 0.6 is 11.3 Å². The minimum Gasteiger partial charge on any atom is -0.444 e. The van der Waals surface area contributed by atoms with Gasteiger partial charge in [-0.25, -0.2) is 4.79 Å². The van der Waals surface area contributed by atoms with Crippen LogP contribution in [0.25, 0.3) is 0 Å². The Kier molecular flexibility index (Phi) is 5.61. The molecule has 0 aromatic carbocycles. The molecule has 0 aliphatic rings. The van der Waals surface area contributed by atoms with Crippen molar-refractivity contribution in [2.24, 2.45) is 5.41 Å². The van der Waals surface area contributed by atoms with Crippen LogP contribution in [0.4, 0.5) is 8.68 Å². The normalized spacial score (nSPS) is 14.5. The number of ether oxygens (including phenoxy) is 1. The molecule has 1 rings (SSSR count). The smallest absolute Gasteiger partial charge is 0.408 e. The lowest BCUT2D eigenvalue weighted by Crippen LogP contribution is -2.42. The molecule has 1 N–H and O–H groups in total. The Morgan fingerprint density at radius 2 is 1.95 bits per heavy atom. The molecule has 0 spiro atoms. The Hall–Kier alpha value is -1.15. The quantitative estimate of drug-likeness (QED) is 0.822. The first-order valence-corrected chi connectivity index (χ1v) is 9.19. The lowest BCUT2D eigenvalue weighted by Gasteiger charge is -2.33. The highest BCUT2D eigenvalue weighted by atomic mass is 32.3. The van der Waals surface area contributed by atoms with Gasteiger partial charge in [0.25, 0.3) is 0 Å². The summed E-state index contributed by atoms with van der Waals surface area (Å²) < 4.78 is 40.4. The van der Waals surface area contributed by atoms with Crippen LogP contribution in [0.1, 0.15) is 45.5 Å². The molecule has 0 saturated heterocycles. The molecule has 8 heteroatoms. The van der Waals surface area contributed by atoms with Gasteiger partial charge in [0.15, 0.2) is 0 Å². The second-order valence-corrected chi connectivity index (χ2v) is 9.11. The summed E-state index contributed by atoms with van der Waals surface area (Å²) in [4.78, 5) is 12.7. The van der Waals surface area contributed by atoms with Gasteiger partial charge in [-0.15, -0.1) is 15.2 Å². The van der Waals surface area contributed by atoms with E-state index in [9.17, 15) is 17.1 Å². The van der Waals surface area contributed by atoms with Gasteiger partial charge in [-0.2, -0.15) is 8.42 Å². The Morgan fingerprint density at radius 1 is 1.36 bits per heavy atom. The van der Waals surface area contributed by atoms with E-state index in [1.807, 2.05) is 0 Å². The standard InChI is InChI=1S/C14H22FNO4S2/c1-13(2,3)20-12(17)16-11(10-7-6-8-21-10)14(4,5)9-22(15,18)19/h6-8,11H,9H2,1-5H3,(H,16,17). The number of nitrogens with one attached hydrogen (secondary N) is 1. The molecule has 0 aliphatic heterocycles. The van der Waals surface area contributed by atoms with Crippen LogP contribution in [0.15, 0.2) is 17.5 Å². The van der Waals surface area contributed by atoms with Gasteiger partial charge in [-0.3, -0.25) is 0 Å². The van der Waals surface area contributed by atoms with Crippen LogP contribution in [-0.2, 0) is 15.0 Å². The highest BCUT2D eigenvalue weighted by Crippen LogP contribution is 2.37. The summed E-state index contributed by atoms with van der Waals surface area (Å²) in [6, 6.07) is 2.87. The molecule has 0 bridgehead atoms. The summed E-state index contributed by atoms with van der Waals surface area (Å²) >= 11 is 1.36. The molecule has 22 heavy (non-hydrogen) atoms. The maximum atomic E-state index is 13.1. The molecule has 1 aromatic rings. The molecule has 1 unspecified atom stereocenters. The van der Waals surface area contributed by atoms with Crippen molar-refractivity contribution >= 4 is 27.7 Å². The van der Waals surface area contributed by atoms with Gasteiger partial charge >= 0.3 is 16.3 Å². The maximum Gasteiger partial charge on any atom is 0.408 e. The lowest BCUT2D eigenvalue weighted by molar-refractivity contribution is 0.0465. The number of amides is 1. The molecular formula is C14H22FNO4S2. The number of hydrogen-bond acceptors (Lipinski definition) is 5. The molecule has 0 radical (unpaired) electrons. The van der Waals surface area contributed by atoms with E-state index in [4.69, 9.17) is 4.74 Å². The van der Waals surface area contributed by atoms with E-state index < -0.39 is 39.1 Å². The summed E-state index contributed by atoms with van der Waals surface area (Å²) in [5, 5.41) is 4.46. The predicted octanol–water partition coefficient (Wildman–Crippen LogP) is 3.64. The second kappa shape index (κ2) is 6.54. The molecule has 1 amide bonds. The Morgan fingerprint density at radius 3 is 2.36 bits per heavy atom. The molecular weight excluding hydrogens is 329 g/mol. The topological polar surface area (TPSA) is 72.5 Å². The van der Waals surface area contributed by atoms with Gasteiger partial charge in [-0.05, 0) is 32.2 Å². The predicted molar refractivity (Wildman–Crippen MR) is 85.1 cm³/mol. The number of carbonyl (C=O) groups is 1. The summed E-state index contributed by atoms with van der Waals surface area (Å²) in [5.74, 6) is -0.696. The van der Waals surface area contributed by atoms with Gasteiger partial charge in [-0.1, -0.05) is 19.9 Å². The SMILES string of the molecule is CC(C)(C)OC(=O)NC(c1cccs1)C(C)(C)CS(=O)(=O)F. The Labute approximate surface area is 135 Å². The average molecular weight is 351 g/mol. The van der Waals surface area contributed by atoms with Crippen LogP contribution in [-0.4, -0.2) is 25.9 Å². The zero-order valence-corrected chi connectivity index (χ0v) is 15.0. The van der Waals surface area contributed by atoms with E-state index in [2.05, 4.69) is 5.32 Å². The fourth-order valence-electron chi connectivity index (χ4n) is 2.06. The van der Waals surface area contributed by atoms with Crippen LogP contribution in [0.5, 0.6) is 0 Å². The number of carbonyl (C=O) groups excluding carboxylic acids is 1. The first-order chi connectivity index (χ1) is 9.80. The van der Waals surface area contributed by atoms with Gasteiger partial charge in [0.05, 0.1) is 11.8 Å². The molecule has 0 saturated carbocycles. The first kappa shape index (κ1) is 18.9. The van der Waals surface area contributed by atoms with Crippen LogP contribution < -0.4 is 5.32 Å². The second-order valence-electron chi connectivity index (χ2n) is 6.77. The van der Waals surface area contributed by atoms with Gasteiger partial charge < -0.3 is 10.1 Å². The summed E-state index contributed by atoms with van der Waals surface area (Å²) in [7, 11) is -4.68. The van der Waals surface area contributed by atoms with Crippen molar-refractivity contribution in [3.63, 3.8) is 0 Å². The van der Waals surface area contributed by atoms with Gasteiger partial charge in [0.2, 0.25) is 0 Å². The van der Waals surface area contributed by atoms with Crippen LogP contribution in [0, 0.1) is 5.41 Å². The Balaban J connectivity index is 3.02. The molecule has 1 aromatic heterocycles. The molecule has 1 heterocycles. The van der Waals surface area contributed by atoms with Gasteiger partial charge in [0.1, 0.15) is 5.60 Å². The van der Waals surface area contributed by atoms with Crippen molar-refractivity contribution in [2.45, 2.75) is 46.3 Å². The number of hydrogen-bond donors (Lipinski definition) is 1. The highest BCUT2D eigenvalue weighted by Gasteiger charge is 2.38. The molecule has 5 nitrogen and oxygen atoms in total. The van der Waals surface area contributed by atoms with Crippen molar-refractivity contribution in [3.05, 3.63) is 22.4 Å². The lowest BCUT2D eigenvalue weighted by atomic mass is 9.85. The number of alkyl carbamates (subject to hydrolysis) is 1. The van der Waals surface area contributed by atoms with E-state index >= 15 is 0 Å². The molecule has 0 fully saturated rings. The first-order valence-electron chi connectivity index (χ1n) is 6.75. The third kappa shape index (κ3) is 6.31. The molecule has 0 aliphatic carbocycles. The zero-order chi connectivity index (χ0) is 17.2. The van der Waals surface area contributed by atoms with E-state index in [0.29, 0.717) is 0 Å². The number of thiophene rings is 1. The maximum absolute atomic E-state index is 13.1. The minimum absolute atomic E-state index is 0.671. The van der Waals surface area contributed by atoms with E-state index in [0.717, 1.165) is 4.88 Å². The third-order valence-electron chi connectivity index (χ3n) is 2.81. The number of halogens is 1. The van der Waals surface area contributed by atoms with Crippen molar-refractivity contribution in [3.8, 4) is 0 Å². The summed E-state index contributed by atoms with van der Waals surface area (Å²) in [6.07, 6.45) is -0.671. The monoisotopic (exact) mass is 351 g/mol. The zero-order valence-electron chi connectivity index (χ0n) is 13.3. The van der Waals surface area contributed by atoms with Gasteiger partial charge in [0, 0.05) is 10.3 Å².